The Morgan fingerprint density at radius 3 is 2.58 bits per heavy atom. The molecule has 5 nitrogen and oxygen atoms in total. The summed E-state index contributed by atoms with van der Waals surface area (Å²) in [6.45, 7) is 0. The van der Waals surface area contributed by atoms with Crippen LogP contribution in [-0.4, -0.2) is 24.0 Å². The fourth-order valence-corrected chi connectivity index (χ4v) is 3.16. The van der Waals surface area contributed by atoms with E-state index in [0.29, 0.717) is 27.0 Å². The van der Waals surface area contributed by atoms with Gasteiger partial charge in [0.15, 0.2) is 5.11 Å². The predicted molar refractivity (Wildman–Crippen MR) is 106 cm³/mol. The van der Waals surface area contributed by atoms with Crippen molar-refractivity contribution in [1.82, 2.24) is 5.32 Å². The maximum Gasteiger partial charge on any atom is 0.270 e. The van der Waals surface area contributed by atoms with Crippen LogP contribution < -0.4 is 15.0 Å². The first-order valence-corrected chi connectivity index (χ1v) is 8.58. The molecule has 3 rings (SSSR count). The molecule has 0 saturated carbocycles. The molecule has 1 heterocycles. The summed E-state index contributed by atoms with van der Waals surface area (Å²) in [5.41, 5.74) is 0.762. The number of nitrogens with zero attached hydrogens (tertiary/aromatic N) is 1. The molecule has 1 N–H and O–H groups in total. The molecule has 2 aromatic rings. The molecule has 0 atom stereocenters. The van der Waals surface area contributed by atoms with E-state index in [4.69, 9.17) is 40.2 Å². The summed E-state index contributed by atoms with van der Waals surface area (Å²) < 4.78 is 5.26. The Morgan fingerprint density at radius 2 is 1.88 bits per heavy atom. The van der Waals surface area contributed by atoms with E-state index in [2.05, 4.69) is 5.32 Å². The van der Waals surface area contributed by atoms with Crippen LogP contribution in [0.2, 0.25) is 10.0 Å². The van der Waals surface area contributed by atoms with E-state index in [1.54, 1.807) is 42.5 Å². The average molecular weight is 407 g/mol. The van der Waals surface area contributed by atoms with Gasteiger partial charge in [-0.15, -0.1) is 0 Å². The molecular weight excluding hydrogens is 395 g/mol. The van der Waals surface area contributed by atoms with Gasteiger partial charge in [0.1, 0.15) is 11.3 Å². The fourth-order valence-electron chi connectivity index (χ4n) is 2.48. The average Bonchev–Trinajstić information content (AvgIpc) is 2.60. The number of ether oxygens (including phenoxy) is 1. The number of carbonyl (C=O) groups is 2. The van der Waals surface area contributed by atoms with Gasteiger partial charge in [0, 0.05) is 10.6 Å². The minimum atomic E-state index is -0.606. The van der Waals surface area contributed by atoms with Crippen LogP contribution in [0.4, 0.5) is 5.69 Å². The van der Waals surface area contributed by atoms with Crippen LogP contribution in [-0.2, 0) is 9.59 Å². The number of hydrogen-bond donors (Lipinski definition) is 1. The summed E-state index contributed by atoms with van der Waals surface area (Å²) in [6.07, 6.45) is 1.41. The molecule has 0 spiro atoms. The van der Waals surface area contributed by atoms with E-state index in [-0.39, 0.29) is 10.7 Å². The number of carbonyl (C=O) groups excluding carboxylic acids is 2. The zero-order chi connectivity index (χ0) is 18.8. The SMILES string of the molecule is COc1ccc(Cl)cc1/C=C1\C(=O)NC(=S)N(c2ccccc2Cl)C1=O. The van der Waals surface area contributed by atoms with E-state index >= 15 is 0 Å². The summed E-state index contributed by atoms with van der Waals surface area (Å²) in [7, 11) is 1.49. The molecule has 1 fully saturated rings. The van der Waals surface area contributed by atoms with E-state index in [1.165, 1.54) is 18.1 Å². The smallest absolute Gasteiger partial charge is 0.270 e. The van der Waals surface area contributed by atoms with E-state index < -0.39 is 11.8 Å². The number of halogens is 2. The van der Waals surface area contributed by atoms with Crippen molar-refractivity contribution in [1.29, 1.82) is 0 Å². The molecule has 2 aromatic carbocycles. The van der Waals surface area contributed by atoms with Gasteiger partial charge in [0.2, 0.25) is 0 Å². The number of benzene rings is 2. The Labute approximate surface area is 165 Å². The lowest BCUT2D eigenvalue weighted by Crippen LogP contribution is -2.54. The van der Waals surface area contributed by atoms with Gasteiger partial charge >= 0.3 is 0 Å². The highest BCUT2D eigenvalue weighted by Gasteiger charge is 2.35. The van der Waals surface area contributed by atoms with Crippen LogP contribution in [0.15, 0.2) is 48.0 Å². The Balaban J connectivity index is 2.09. The quantitative estimate of drug-likeness (QED) is 0.477. The molecule has 1 aliphatic heterocycles. The zero-order valence-electron chi connectivity index (χ0n) is 13.5. The monoisotopic (exact) mass is 406 g/mol. The number of rotatable bonds is 3. The largest absolute Gasteiger partial charge is 0.496 e. The highest BCUT2D eigenvalue weighted by Crippen LogP contribution is 2.30. The van der Waals surface area contributed by atoms with Gasteiger partial charge in [0.05, 0.1) is 17.8 Å². The van der Waals surface area contributed by atoms with Crippen LogP contribution in [0.5, 0.6) is 5.75 Å². The second kappa shape index (κ2) is 7.45. The summed E-state index contributed by atoms with van der Waals surface area (Å²) in [5.74, 6) is -0.723. The molecule has 132 valence electrons. The van der Waals surface area contributed by atoms with Gasteiger partial charge in [0.25, 0.3) is 11.8 Å². The van der Waals surface area contributed by atoms with Gasteiger partial charge in [-0.3, -0.25) is 19.8 Å². The first kappa shape index (κ1) is 18.4. The summed E-state index contributed by atoms with van der Waals surface area (Å²) in [5, 5.41) is 3.24. The first-order valence-electron chi connectivity index (χ1n) is 7.42. The van der Waals surface area contributed by atoms with E-state index in [1.807, 2.05) is 0 Å². The highest BCUT2D eigenvalue weighted by molar-refractivity contribution is 7.80. The fraction of sp³-hybridized carbons (Fsp3) is 0.0556. The van der Waals surface area contributed by atoms with Gasteiger partial charge in [-0.05, 0) is 48.6 Å². The number of nitrogens with one attached hydrogen (secondary N) is 1. The summed E-state index contributed by atoms with van der Waals surface area (Å²) >= 11 is 17.3. The minimum Gasteiger partial charge on any atom is -0.496 e. The van der Waals surface area contributed by atoms with Gasteiger partial charge in [-0.2, -0.15) is 0 Å². The highest BCUT2D eigenvalue weighted by atomic mass is 35.5. The van der Waals surface area contributed by atoms with Crippen molar-refractivity contribution in [2.45, 2.75) is 0 Å². The van der Waals surface area contributed by atoms with Crippen molar-refractivity contribution in [3.63, 3.8) is 0 Å². The van der Waals surface area contributed by atoms with Crippen LogP contribution in [0.25, 0.3) is 6.08 Å². The molecule has 0 aliphatic carbocycles. The number of thiocarbonyl (C=S) groups is 1. The van der Waals surface area contributed by atoms with Crippen molar-refractivity contribution in [3.8, 4) is 5.75 Å². The van der Waals surface area contributed by atoms with Crippen molar-refractivity contribution in [3.05, 3.63) is 63.6 Å². The van der Waals surface area contributed by atoms with Gasteiger partial charge in [-0.1, -0.05) is 35.3 Å². The molecule has 0 unspecified atom stereocenters. The van der Waals surface area contributed by atoms with Crippen LogP contribution >= 0.6 is 35.4 Å². The lowest BCUT2D eigenvalue weighted by Gasteiger charge is -2.29. The lowest BCUT2D eigenvalue weighted by atomic mass is 10.1. The van der Waals surface area contributed by atoms with E-state index in [0.717, 1.165) is 0 Å². The number of methoxy groups -OCH3 is 1. The number of amides is 2. The van der Waals surface area contributed by atoms with Gasteiger partial charge in [-0.25, -0.2) is 0 Å². The maximum atomic E-state index is 13.0. The Hall–Kier alpha value is -2.41. The maximum absolute atomic E-state index is 13.0. The number of anilines is 1. The third kappa shape index (κ3) is 3.44. The summed E-state index contributed by atoms with van der Waals surface area (Å²) in [4.78, 5) is 26.5. The van der Waals surface area contributed by atoms with Gasteiger partial charge < -0.3 is 4.74 Å². The Bertz CT molecular complexity index is 959. The topological polar surface area (TPSA) is 58.6 Å². The standard InChI is InChI=1S/C18H12Cl2N2O3S/c1-25-15-7-6-11(19)8-10(15)9-12-16(23)21-18(26)22(17(12)24)14-5-3-2-4-13(14)20/h2-9H,1H3,(H,21,23,26)/b12-9+. The van der Waals surface area contributed by atoms with Crippen LogP contribution in [0.3, 0.4) is 0 Å². The predicted octanol–water partition coefficient (Wildman–Crippen LogP) is 3.83. The third-order valence-electron chi connectivity index (χ3n) is 3.69. The number of para-hydroxylation sites is 1. The molecule has 0 radical (unpaired) electrons. The molecule has 8 heteroatoms. The molecular formula is C18H12Cl2N2O3S. The Morgan fingerprint density at radius 1 is 1.15 bits per heavy atom. The zero-order valence-corrected chi connectivity index (χ0v) is 15.8. The normalized spacial score (nSPS) is 16.0. The van der Waals surface area contributed by atoms with Crippen LogP contribution in [0.1, 0.15) is 5.56 Å². The molecule has 0 aromatic heterocycles. The molecule has 0 bridgehead atoms. The summed E-state index contributed by atoms with van der Waals surface area (Å²) in [6, 6.07) is 11.6. The molecule has 1 aliphatic rings. The minimum absolute atomic E-state index is 0.0386. The lowest BCUT2D eigenvalue weighted by molar-refractivity contribution is -0.122. The van der Waals surface area contributed by atoms with Crippen molar-refractivity contribution in [2.24, 2.45) is 0 Å². The Kier molecular flexibility index (Phi) is 5.27. The van der Waals surface area contributed by atoms with E-state index in [9.17, 15) is 9.59 Å². The first-order chi connectivity index (χ1) is 12.4. The molecule has 26 heavy (non-hydrogen) atoms. The molecule has 1 saturated heterocycles. The van der Waals surface area contributed by atoms with Crippen LogP contribution in [0, 0.1) is 0 Å². The van der Waals surface area contributed by atoms with Crippen molar-refractivity contribution < 1.29 is 14.3 Å². The van der Waals surface area contributed by atoms with Crippen molar-refractivity contribution in [2.75, 3.05) is 12.0 Å². The molecule has 2 amide bonds. The third-order valence-corrected chi connectivity index (χ3v) is 4.53. The second-order valence-corrected chi connectivity index (χ2v) is 6.53. The number of hydrogen-bond acceptors (Lipinski definition) is 4. The second-order valence-electron chi connectivity index (χ2n) is 5.30. The van der Waals surface area contributed by atoms with Crippen molar-refractivity contribution >= 4 is 64.1 Å².